The van der Waals surface area contributed by atoms with Crippen molar-refractivity contribution in [2.24, 2.45) is 5.92 Å². The Balaban J connectivity index is 1.98. The first-order valence-corrected chi connectivity index (χ1v) is 9.02. The minimum Gasteiger partial charge on any atom is -0.395 e. The number of carbonyl (C=O) groups excluding carboxylic acids is 3. The molecule has 8 heteroatoms. The van der Waals surface area contributed by atoms with Gasteiger partial charge in [0.1, 0.15) is 6.42 Å². The third kappa shape index (κ3) is 6.04. The maximum Gasteiger partial charge on any atom is 0.252 e. The van der Waals surface area contributed by atoms with Crippen LogP contribution in [0.1, 0.15) is 19.8 Å². The number of carbonyl (C=O) groups is 3. The van der Waals surface area contributed by atoms with Crippen molar-refractivity contribution in [3.63, 3.8) is 0 Å². The number of allylic oxidation sites excluding steroid dienone is 1. The van der Waals surface area contributed by atoms with Crippen molar-refractivity contribution in [2.75, 3.05) is 18.1 Å². The fraction of sp³-hybridized carbons (Fsp3) is 0.350. The molecule has 0 bridgehead atoms. The number of benzene rings is 1. The highest BCUT2D eigenvalue weighted by Gasteiger charge is 2.22. The molecule has 0 aromatic heterocycles. The van der Waals surface area contributed by atoms with Gasteiger partial charge in [0.15, 0.2) is 0 Å². The van der Waals surface area contributed by atoms with E-state index in [0.29, 0.717) is 0 Å². The number of amides is 3. The smallest absolute Gasteiger partial charge is 0.252 e. The first-order valence-electron chi connectivity index (χ1n) is 9.02. The molecule has 1 aromatic rings. The summed E-state index contributed by atoms with van der Waals surface area (Å²) in [6, 6.07) is 8.85. The van der Waals surface area contributed by atoms with E-state index in [1.807, 2.05) is 43.3 Å². The van der Waals surface area contributed by atoms with Crippen LogP contribution >= 0.6 is 0 Å². The molecule has 4 N–H and O–H groups in total. The van der Waals surface area contributed by atoms with Gasteiger partial charge in [-0.25, -0.2) is 5.48 Å². The number of rotatable bonds is 8. The molecule has 1 aliphatic carbocycles. The Kier molecular flexibility index (Phi) is 7.91. The van der Waals surface area contributed by atoms with E-state index < -0.39 is 18.2 Å². The van der Waals surface area contributed by atoms with Crippen LogP contribution in [0.5, 0.6) is 0 Å². The number of anilines is 1. The molecule has 0 spiro atoms. The third-order valence-electron chi connectivity index (χ3n) is 4.38. The number of hydrogen-bond donors (Lipinski definition) is 4. The fourth-order valence-corrected chi connectivity index (χ4v) is 2.99. The van der Waals surface area contributed by atoms with Crippen molar-refractivity contribution in [2.45, 2.75) is 25.8 Å². The molecule has 150 valence electrons. The Morgan fingerprint density at radius 2 is 1.86 bits per heavy atom. The van der Waals surface area contributed by atoms with Crippen molar-refractivity contribution in [3.8, 4) is 0 Å². The molecule has 2 rings (SSSR count). The molecule has 0 heterocycles. The van der Waals surface area contributed by atoms with E-state index in [1.165, 1.54) is 5.48 Å². The average Bonchev–Trinajstić information content (AvgIpc) is 2.68. The van der Waals surface area contributed by atoms with Crippen molar-refractivity contribution < 1.29 is 24.7 Å². The summed E-state index contributed by atoms with van der Waals surface area (Å²) < 4.78 is 0. The Hall–Kier alpha value is -2.97. The molecule has 0 fully saturated rings. The van der Waals surface area contributed by atoms with Crippen molar-refractivity contribution in [1.29, 1.82) is 0 Å². The van der Waals surface area contributed by atoms with Crippen LogP contribution in [0.4, 0.5) is 5.69 Å². The van der Waals surface area contributed by atoms with Gasteiger partial charge in [-0.3, -0.25) is 19.6 Å². The number of aliphatic hydroxyl groups excluding tert-OH is 1. The lowest BCUT2D eigenvalue weighted by Gasteiger charge is -2.26. The predicted molar refractivity (Wildman–Crippen MR) is 103 cm³/mol. The number of nitrogens with zero attached hydrogens (tertiary/aromatic N) is 1. The number of nitrogens with one attached hydrogen (secondary N) is 2. The van der Waals surface area contributed by atoms with Gasteiger partial charge in [-0.15, -0.1) is 0 Å². The standard InChI is InChI=1S/C20H25N3O5/c1-14-11-15(7-8-17(14)21-18(25)13-19(26)22-28)12-20(27)23(9-10-24)16-5-3-2-4-6-16/h2-8,11,14,17,24,28H,9-10,12-13H2,1H3,(H,21,25)(H,22,26). The molecule has 0 saturated heterocycles. The summed E-state index contributed by atoms with van der Waals surface area (Å²) in [6.45, 7) is 1.97. The van der Waals surface area contributed by atoms with Gasteiger partial charge in [0.2, 0.25) is 11.8 Å². The molecule has 28 heavy (non-hydrogen) atoms. The Bertz CT molecular complexity index is 760. The molecule has 1 aromatic carbocycles. The van der Waals surface area contributed by atoms with Crippen molar-refractivity contribution in [3.05, 3.63) is 54.1 Å². The molecular weight excluding hydrogens is 362 g/mol. The van der Waals surface area contributed by atoms with Gasteiger partial charge in [0, 0.05) is 12.2 Å². The lowest BCUT2D eigenvalue weighted by molar-refractivity contribution is -0.134. The number of para-hydroxylation sites is 1. The molecule has 1 aliphatic rings. The molecule has 0 saturated carbocycles. The van der Waals surface area contributed by atoms with Crippen molar-refractivity contribution >= 4 is 23.4 Å². The zero-order chi connectivity index (χ0) is 20.5. The minimum absolute atomic E-state index is 0.0723. The lowest BCUT2D eigenvalue weighted by atomic mass is 9.91. The topological polar surface area (TPSA) is 119 Å². The van der Waals surface area contributed by atoms with Crippen LogP contribution in [-0.2, 0) is 14.4 Å². The molecular formula is C20H25N3O5. The van der Waals surface area contributed by atoms with Crippen LogP contribution in [0.2, 0.25) is 0 Å². The monoisotopic (exact) mass is 387 g/mol. The summed E-state index contributed by atoms with van der Waals surface area (Å²) in [5.41, 5.74) is 2.96. The quantitative estimate of drug-likeness (QED) is 0.300. The zero-order valence-corrected chi connectivity index (χ0v) is 15.7. The van der Waals surface area contributed by atoms with E-state index in [9.17, 15) is 19.5 Å². The van der Waals surface area contributed by atoms with Gasteiger partial charge in [0.05, 0.1) is 19.1 Å². The second kappa shape index (κ2) is 10.4. The van der Waals surface area contributed by atoms with E-state index in [4.69, 9.17) is 5.21 Å². The highest BCUT2D eigenvalue weighted by molar-refractivity contribution is 5.97. The Morgan fingerprint density at radius 1 is 1.14 bits per heavy atom. The first kappa shape index (κ1) is 21.3. The highest BCUT2D eigenvalue weighted by atomic mass is 16.5. The molecule has 0 aliphatic heterocycles. The lowest BCUT2D eigenvalue weighted by Crippen LogP contribution is -2.40. The van der Waals surface area contributed by atoms with Gasteiger partial charge < -0.3 is 15.3 Å². The summed E-state index contributed by atoms with van der Waals surface area (Å²) in [6.07, 6.45) is 5.16. The van der Waals surface area contributed by atoms with Gasteiger partial charge >= 0.3 is 0 Å². The van der Waals surface area contributed by atoms with E-state index in [0.717, 1.165) is 11.3 Å². The number of hydrogen-bond acceptors (Lipinski definition) is 5. The van der Waals surface area contributed by atoms with Crippen LogP contribution in [0.3, 0.4) is 0 Å². The van der Waals surface area contributed by atoms with E-state index >= 15 is 0 Å². The summed E-state index contributed by atoms with van der Waals surface area (Å²) in [7, 11) is 0. The van der Waals surface area contributed by atoms with Crippen LogP contribution < -0.4 is 15.7 Å². The van der Waals surface area contributed by atoms with E-state index in [-0.39, 0.29) is 37.4 Å². The minimum atomic E-state index is -0.781. The third-order valence-corrected chi connectivity index (χ3v) is 4.38. The maximum atomic E-state index is 12.7. The van der Waals surface area contributed by atoms with Gasteiger partial charge in [0.25, 0.3) is 5.91 Å². The SMILES string of the molecule is CC1C=C(CC(=O)N(CCO)c2ccccc2)C=CC1NC(=O)CC(=O)NO. The second-order valence-corrected chi connectivity index (χ2v) is 6.55. The summed E-state index contributed by atoms with van der Waals surface area (Å²) >= 11 is 0. The zero-order valence-electron chi connectivity index (χ0n) is 15.7. The fourth-order valence-electron chi connectivity index (χ4n) is 2.99. The summed E-state index contributed by atoms with van der Waals surface area (Å²) in [5.74, 6) is -1.49. The van der Waals surface area contributed by atoms with Crippen molar-refractivity contribution in [1.82, 2.24) is 10.8 Å². The maximum absolute atomic E-state index is 12.7. The number of aliphatic hydroxyl groups is 1. The molecule has 3 amide bonds. The van der Waals surface area contributed by atoms with E-state index in [1.54, 1.807) is 17.1 Å². The molecule has 2 unspecified atom stereocenters. The summed E-state index contributed by atoms with van der Waals surface area (Å²) in [5, 5.41) is 20.5. The molecule has 8 nitrogen and oxygen atoms in total. The predicted octanol–water partition coefficient (Wildman–Crippen LogP) is 0.915. The second-order valence-electron chi connectivity index (χ2n) is 6.55. The molecule has 2 atom stereocenters. The van der Waals surface area contributed by atoms with Gasteiger partial charge in [-0.2, -0.15) is 0 Å². The van der Waals surface area contributed by atoms with Gasteiger partial charge in [-0.1, -0.05) is 43.4 Å². The van der Waals surface area contributed by atoms with E-state index in [2.05, 4.69) is 5.32 Å². The number of hydroxylamine groups is 1. The van der Waals surface area contributed by atoms with Crippen LogP contribution in [0.25, 0.3) is 0 Å². The highest BCUT2D eigenvalue weighted by Crippen LogP contribution is 2.22. The van der Waals surface area contributed by atoms with Crippen LogP contribution in [0.15, 0.2) is 54.1 Å². The largest absolute Gasteiger partial charge is 0.395 e. The average molecular weight is 387 g/mol. The first-order chi connectivity index (χ1) is 13.4. The van der Waals surface area contributed by atoms with Crippen LogP contribution in [-0.4, -0.2) is 47.2 Å². The normalized spacial score (nSPS) is 18.2. The molecule has 0 radical (unpaired) electrons. The summed E-state index contributed by atoms with van der Waals surface area (Å²) in [4.78, 5) is 37.1. The van der Waals surface area contributed by atoms with Gasteiger partial charge in [-0.05, 0) is 23.6 Å². The van der Waals surface area contributed by atoms with Crippen LogP contribution in [0, 0.1) is 5.92 Å². The Labute approximate surface area is 163 Å². The Morgan fingerprint density at radius 3 is 2.46 bits per heavy atom.